The van der Waals surface area contributed by atoms with E-state index < -0.39 is 9.84 Å². The monoisotopic (exact) mass is 458 g/mol. The number of hydrogen-bond acceptors (Lipinski definition) is 6. The van der Waals surface area contributed by atoms with E-state index in [4.69, 9.17) is 20.8 Å². The van der Waals surface area contributed by atoms with Gasteiger partial charge in [0, 0.05) is 17.7 Å². The van der Waals surface area contributed by atoms with Crippen molar-refractivity contribution in [3.63, 3.8) is 0 Å². The third-order valence-electron chi connectivity index (χ3n) is 4.83. The molecule has 3 aromatic rings. The Morgan fingerprint density at radius 1 is 1.16 bits per heavy atom. The number of furan rings is 1. The van der Waals surface area contributed by atoms with Crippen LogP contribution in [0.3, 0.4) is 0 Å². The van der Waals surface area contributed by atoms with E-state index in [1.807, 2.05) is 12.1 Å². The molecule has 4 rings (SSSR count). The molecule has 31 heavy (non-hydrogen) atoms. The van der Waals surface area contributed by atoms with Gasteiger partial charge >= 0.3 is 0 Å². The van der Waals surface area contributed by atoms with Crippen molar-refractivity contribution >= 4 is 33.1 Å². The van der Waals surface area contributed by atoms with Crippen LogP contribution in [0.5, 0.6) is 5.75 Å². The number of ether oxygens (including phenoxy) is 1. The number of nitrogens with zero attached hydrogens (tertiary/aromatic N) is 2. The Morgan fingerprint density at radius 2 is 1.87 bits per heavy atom. The zero-order chi connectivity index (χ0) is 22.0. The minimum atomic E-state index is -3.30. The first-order chi connectivity index (χ1) is 14.8. The lowest BCUT2D eigenvalue weighted by atomic mass is 10.0. The average Bonchev–Trinajstić information content (AvgIpc) is 3.42. The number of halogens is 1. The second-order valence-corrected chi connectivity index (χ2v) is 9.51. The van der Waals surface area contributed by atoms with Crippen LogP contribution in [-0.4, -0.2) is 37.9 Å². The molecule has 1 atom stereocenters. The summed E-state index contributed by atoms with van der Waals surface area (Å²) in [7, 11) is -3.30. The lowest BCUT2D eigenvalue weighted by Crippen LogP contribution is -2.31. The summed E-state index contributed by atoms with van der Waals surface area (Å²) in [5.41, 5.74) is 1.61. The van der Waals surface area contributed by atoms with Crippen molar-refractivity contribution in [3.8, 4) is 5.75 Å². The van der Waals surface area contributed by atoms with Crippen molar-refractivity contribution in [2.75, 3.05) is 12.9 Å². The van der Waals surface area contributed by atoms with E-state index in [0.29, 0.717) is 23.0 Å². The van der Waals surface area contributed by atoms with Crippen molar-refractivity contribution in [1.29, 1.82) is 0 Å². The van der Waals surface area contributed by atoms with Gasteiger partial charge in [0.2, 0.25) is 0 Å². The summed E-state index contributed by atoms with van der Waals surface area (Å²) >= 11 is 5.97. The number of carbonyl (C=O) groups excluding carboxylic acids is 1. The summed E-state index contributed by atoms with van der Waals surface area (Å²) in [5.74, 6) is 0.660. The van der Waals surface area contributed by atoms with Gasteiger partial charge < -0.3 is 9.15 Å². The number of sulfone groups is 1. The van der Waals surface area contributed by atoms with Crippen LogP contribution in [0.4, 0.5) is 0 Å². The molecule has 1 aliphatic rings. The third-order valence-corrected chi connectivity index (χ3v) is 6.21. The van der Waals surface area contributed by atoms with Gasteiger partial charge in [-0.1, -0.05) is 23.7 Å². The molecule has 1 unspecified atom stereocenters. The minimum Gasteiger partial charge on any atom is -0.484 e. The standard InChI is InChI=1S/C22H19ClN2O5S/c1-31(27,28)18-10-8-17(9-11-18)30-14-22(26)25-20(21-3-2-12-29-21)13-19(24-25)15-4-6-16(23)7-5-15/h2-12,20H,13-14H2,1H3. The minimum absolute atomic E-state index is 0.181. The maximum atomic E-state index is 12.9. The highest BCUT2D eigenvalue weighted by Crippen LogP contribution is 2.33. The molecule has 9 heteroatoms. The molecular weight excluding hydrogens is 440 g/mol. The molecule has 7 nitrogen and oxygen atoms in total. The lowest BCUT2D eigenvalue weighted by Gasteiger charge is -2.20. The largest absolute Gasteiger partial charge is 0.484 e. The van der Waals surface area contributed by atoms with Gasteiger partial charge in [0.15, 0.2) is 16.4 Å². The molecule has 0 aliphatic carbocycles. The van der Waals surface area contributed by atoms with Gasteiger partial charge in [0.25, 0.3) is 5.91 Å². The van der Waals surface area contributed by atoms with E-state index in [-0.39, 0.29) is 23.5 Å². The summed E-state index contributed by atoms with van der Waals surface area (Å²) in [4.78, 5) is 13.1. The SMILES string of the molecule is CS(=O)(=O)c1ccc(OCC(=O)N2N=C(c3ccc(Cl)cc3)CC2c2ccco2)cc1. The zero-order valence-corrected chi connectivity index (χ0v) is 18.1. The first-order valence-corrected chi connectivity index (χ1v) is 11.7. The Morgan fingerprint density at radius 3 is 2.48 bits per heavy atom. The number of benzene rings is 2. The highest BCUT2D eigenvalue weighted by Gasteiger charge is 2.35. The van der Waals surface area contributed by atoms with Gasteiger partial charge in [-0.25, -0.2) is 13.4 Å². The van der Waals surface area contributed by atoms with Crippen LogP contribution >= 0.6 is 11.6 Å². The maximum Gasteiger partial charge on any atom is 0.281 e. The fourth-order valence-electron chi connectivity index (χ4n) is 3.25. The molecule has 0 saturated heterocycles. The fraction of sp³-hybridized carbons (Fsp3) is 0.182. The molecule has 160 valence electrons. The molecular formula is C22H19ClN2O5S. The number of carbonyl (C=O) groups is 1. The zero-order valence-electron chi connectivity index (χ0n) is 16.6. The smallest absolute Gasteiger partial charge is 0.281 e. The van der Waals surface area contributed by atoms with E-state index in [9.17, 15) is 13.2 Å². The van der Waals surface area contributed by atoms with Crippen molar-refractivity contribution < 1.29 is 22.4 Å². The molecule has 0 bridgehead atoms. The normalized spacial score (nSPS) is 16.3. The predicted molar refractivity (Wildman–Crippen MR) is 116 cm³/mol. The Kier molecular flexibility index (Phi) is 5.84. The molecule has 0 spiro atoms. The third kappa shape index (κ3) is 4.81. The molecule has 1 aromatic heterocycles. The van der Waals surface area contributed by atoms with E-state index in [2.05, 4.69) is 5.10 Å². The van der Waals surface area contributed by atoms with Crippen LogP contribution in [0.25, 0.3) is 0 Å². The van der Waals surface area contributed by atoms with E-state index in [1.54, 1.807) is 30.5 Å². The molecule has 1 aliphatic heterocycles. The van der Waals surface area contributed by atoms with Gasteiger partial charge in [0.1, 0.15) is 17.6 Å². The summed E-state index contributed by atoms with van der Waals surface area (Å²) in [5, 5.41) is 6.51. The summed E-state index contributed by atoms with van der Waals surface area (Å²) < 4.78 is 34.2. The predicted octanol–water partition coefficient (Wildman–Crippen LogP) is 4.09. The first kappa shape index (κ1) is 21.1. The van der Waals surface area contributed by atoms with Crippen molar-refractivity contribution in [3.05, 3.63) is 83.3 Å². The second-order valence-electron chi connectivity index (χ2n) is 7.06. The van der Waals surface area contributed by atoms with Crippen LogP contribution in [0, 0.1) is 0 Å². The van der Waals surface area contributed by atoms with Gasteiger partial charge in [0.05, 0.1) is 16.9 Å². The maximum absolute atomic E-state index is 12.9. The van der Waals surface area contributed by atoms with Crippen molar-refractivity contribution in [2.45, 2.75) is 17.4 Å². The van der Waals surface area contributed by atoms with E-state index in [0.717, 1.165) is 17.5 Å². The Hall–Kier alpha value is -3.10. The van der Waals surface area contributed by atoms with Crippen LogP contribution in [0.15, 0.2) is 81.3 Å². The molecule has 0 radical (unpaired) electrons. The number of hydrazone groups is 1. The Balaban J connectivity index is 1.51. The molecule has 1 amide bonds. The summed E-state index contributed by atoms with van der Waals surface area (Å²) in [6.07, 6.45) is 3.17. The summed E-state index contributed by atoms with van der Waals surface area (Å²) in [6, 6.07) is 16.3. The van der Waals surface area contributed by atoms with Crippen LogP contribution in [0.2, 0.25) is 5.02 Å². The van der Waals surface area contributed by atoms with Gasteiger partial charge in [-0.05, 0) is 54.1 Å². The first-order valence-electron chi connectivity index (χ1n) is 9.43. The van der Waals surface area contributed by atoms with E-state index in [1.165, 1.54) is 29.3 Å². The second kappa shape index (κ2) is 8.56. The molecule has 2 aromatic carbocycles. The van der Waals surface area contributed by atoms with Crippen molar-refractivity contribution in [2.24, 2.45) is 5.10 Å². The Bertz CT molecular complexity index is 1200. The van der Waals surface area contributed by atoms with Gasteiger partial charge in [-0.3, -0.25) is 4.79 Å². The van der Waals surface area contributed by atoms with Crippen LogP contribution in [0.1, 0.15) is 23.8 Å². The van der Waals surface area contributed by atoms with Crippen LogP contribution < -0.4 is 4.74 Å². The molecule has 0 N–H and O–H groups in total. The lowest BCUT2D eigenvalue weighted by molar-refractivity contribution is -0.135. The highest BCUT2D eigenvalue weighted by molar-refractivity contribution is 7.90. The quantitative estimate of drug-likeness (QED) is 0.555. The number of rotatable bonds is 6. The summed E-state index contributed by atoms with van der Waals surface area (Å²) in [6.45, 7) is -0.257. The molecule has 2 heterocycles. The topological polar surface area (TPSA) is 89.2 Å². The number of hydrogen-bond donors (Lipinski definition) is 0. The van der Waals surface area contributed by atoms with Gasteiger partial charge in [-0.2, -0.15) is 5.10 Å². The molecule has 0 fully saturated rings. The van der Waals surface area contributed by atoms with Crippen molar-refractivity contribution in [1.82, 2.24) is 5.01 Å². The Labute approximate surface area is 184 Å². The highest BCUT2D eigenvalue weighted by atomic mass is 35.5. The average molecular weight is 459 g/mol. The van der Waals surface area contributed by atoms with Crippen LogP contribution in [-0.2, 0) is 14.6 Å². The fourth-order valence-corrected chi connectivity index (χ4v) is 4.01. The van der Waals surface area contributed by atoms with E-state index >= 15 is 0 Å². The van der Waals surface area contributed by atoms with Gasteiger partial charge in [-0.15, -0.1) is 0 Å². The molecule has 0 saturated carbocycles. The number of amides is 1.